The Bertz CT molecular complexity index is 276. The smallest absolute Gasteiger partial charge is 0.305 e. The molecule has 0 aromatic carbocycles. The van der Waals surface area contributed by atoms with Crippen LogP contribution in [0.2, 0.25) is 0 Å². The summed E-state index contributed by atoms with van der Waals surface area (Å²) in [5.74, 6) is -0.807. The van der Waals surface area contributed by atoms with Crippen LogP contribution in [-0.4, -0.2) is 30.4 Å². The molecule has 16 heavy (non-hydrogen) atoms. The van der Waals surface area contributed by atoms with Gasteiger partial charge in [-0.3, -0.25) is 9.59 Å². The maximum absolute atomic E-state index is 11.0. The topological polar surface area (TPSA) is 61.8 Å². The van der Waals surface area contributed by atoms with Gasteiger partial charge in [0, 0.05) is 19.8 Å². The lowest BCUT2D eigenvalue weighted by molar-refractivity contribution is -0.194. The largest absolute Gasteiger partial charge is 0.455 e. The van der Waals surface area contributed by atoms with E-state index in [9.17, 15) is 9.59 Å². The Hall–Kier alpha value is -1.10. The van der Waals surface area contributed by atoms with Crippen molar-refractivity contribution in [1.29, 1.82) is 0 Å². The maximum Gasteiger partial charge on any atom is 0.305 e. The molecule has 0 spiro atoms. The third kappa shape index (κ3) is 2.95. The lowest BCUT2D eigenvalue weighted by Crippen LogP contribution is -2.33. The van der Waals surface area contributed by atoms with Gasteiger partial charge in [-0.1, -0.05) is 13.8 Å². The van der Waals surface area contributed by atoms with Crippen LogP contribution in [0.15, 0.2) is 0 Å². The van der Waals surface area contributed by atoms with Gasteiger partial charge in [0.2, 0.25) is 6.29 Å². The van der Waals surface area contributed by atoms with Gasteiger partial charge in [0.25, 0.3) is 0 Å². The van der Waals surface area contributed by atoms with Gasteiger partial charge < -0.3 is 14.2 Å². The summed E-state index contributed by atoms with van der Waals surface area (Å²) in [4.78, 5) is 21.8. The normalized spacial score (nSPS) is 33.5. The van der Waals surface area contributed by atoms with E-state index in [0.29, 0.717) is 0 Å². The highest BCUT2D eigenvalue weighted by Crippen LogP contribution is 2.31. The Morgan fingerprint density at radius 3 is 2.19 bits per heavy atom. The third-order valence-corrected chi connectivity index (χ3v) is 2.67. The van der Waals surface area contributed by atoms with Crippen LogP contribution < -0.4 is 0 Å². The zero-order valence-electron chi connectivity index (χ0n) is 10.1. The number of hydrogen-bond acceptors (Lipinski definition) is 5. The molecule has 1 rings (SSSR count). The molecule has 1 fully saturated rings. The van der Waals surface area contributed by atoms with Gasteiger partial charge in [-0.2, -0.15) is 0 Å². The first-order chi connectivity index (χ1) is 7.45. The minimum absolute atomic E-state index is 0.0262. The summed E-state index contributed by atoms with van der Waals surface area (Å²) in [7, 11) is 0. The van der Waals surface area contributed by atoms with Gasteiger partial charge in [-0.15, -0.1) is 0 Å². The Balaban J connectivity index is 2.72. The molecule has 1 aliphatic heterocycles. The lowest BCUT2D eigenvalue weighted by Gasteiger charge is -2.19. The third-order valence-electron chi connectivity index (χ3n) is 2.67. The zero-order valence-corrected chi connectivity index (χ0v) is 10.1. The summed E-state index contributed by atoms with van der Waals surface area (Å²) in [5.41, 5.74) is 0. The Labute approximate surface area is 95.0 Å². The zero-order chi connectivity index (χ0) is 12.3. The van der Waals surface area contributed by atoms with Gasteiger partial charge in [0.05, 0.1) is 6.10 Å². The molecular weight excluding hydrogens is 212 g/mol. The van der Waals surface area contributed by atoms with Crippen LogP contribution in [0, 0.1) is 5.92 Å². The number of ether oxygens (including phenoxy) is 3. The molecule has 4 atom stereocenters. The average molecular weight is 230 g/mol. The minimum atomic E-state index is -0.777. The molecule has 5 nitrogen and oxygen atoms in total. The van der Waals surface area contributed by atoms with E-state index in [1.54, 1.807) is 0 Å². The highest BCUT2D eigenvalue weighted by atomic mass is 16.7. The molecule has 0 aromatic rings. The van der Waals surface area contributed by atoms with E-state index in [1.165, 1.54) is 13.8 Å². The first-order valence-corrected chi connectivity index (χ1v) is 5.45. The van der Waals surface area contributed by atoms with Gasteiger partial charge >= 0.3 is 11.9 Å². The summed E-state index contributed by atoms with van der Waals surface area (Å²) in [6.07, 6.45) is -0.544. The van der Waals surface area contributed by atoms with E-state index in [1.807, 2.05) is 13.8 Å². The molecule has 1 aliphatic rings. The summed E-state index contributed by atoms with van der Waals surface area (Å²) < 4.78 is 15.6. The van der Waals surface area contributed by atoms with Crippen molar-refractivity contribution in [3.05, 3.63) is 0 Å². The molecule has 0 bridgehead atoms. The fourth-order valence-corrected chi connectivity index (χ4v) is 1.91. The predicted octanol–water partition coefficient (Wildman–Crippen LogP) is 1.25. The van der Waals surface area contributed by atoms with E-state index >= 15 is 0 Å². The summed E-state index contributed by atoms with van der Waals surface area (Å²) in [5, 5.41) is 0. The van der Waals surface area contributed by atoms with Crippen LogP contribution in [0.5, 0.6) is 0 Å². The van der Waals surface area contributed by atoms with Crippen LogP contribution in [0.4, 0.5) is 0 Å². The Kier molecular flexibility index (Phi) is 4.29. The van der Waals surface area contributed by atoms with Crippen molar-refractivity contribution in [2.24, 2.45) is 5.92 Å². The van der Waals surface area contributed by atoms with Crippen molar-refractivity contribution >= 4 is 11.9 Å². The predicted molar refractivity (Wildman–Crippen MR) is 55.4 cm³/mol. The van der Waals surface area contributed by atoms with Crippen molar-refractivity contribution in [1.82, 2.24) is 0 Å². The molecule has 1 heterocycles. The molecule has 5 heteroatoms. The van der Waals surface area contributed by atoms with Gasteiger partial charge in [0.1, 0.15) is 0 Å². The van der Waals surface area contributed by atoms with Crippen LogP contribution in [-0.2, 0) is 23.8 Å². The van der Waals surface area contributed by atoms with Gasteiger partial charge in [-0.25, -0.2) is 0 Å². The maximum atomic E-state index is 11.0. The number of hydrogen-bond donors (Lipinski definition) is 0. The lowest BCUT2D eigenvalue weighted by atomic mass is 9.99. The van der Waals surface area contributed by atoms with Crippen molar-refractivity contribution in [3.63, 3.8) is 0 Å². The first-order valence-electron chi connectivity index (χ1n) is 5.45. The molecule has 0 N–H and O–H groups in total. The monoisotopic (exact) mass is 230 g/mol. The van der Waals surface area contributed by atoms with Gasteiger partial charge in [0.15, 0.2) is 6.10 Å². The molecule has 0 aliphatic carbocycles. The molecule has 1 unspecified atom stereocenters. The number of rotatable bonds is 3. The SMILES string of the molecule is CC[C@H]1O[C@H](OC(C)=O)[C@@H](OC(C)=O)C1C. The van der Waals surface area contributed by atoms with Crippen molar-refractivity contribution in [3.8, 4) is 0 Å². The minimum Gasteiger partial charge on any atom is -0.455 e. The fraction of sp³-hybridized carbons (Fsp3) is 0.818. The summed E-state index contributed by atoms with van der Waals surface area (Å²) in [6, 6.07) is 0. The summed E-state index contributed by atoms with van der Waals surface area (Å²) >= 11 is 0. The molecule has 0 aromatic heterocycles. The second-order valence-corrected chi connectivity index (χ2v) is 3.99. The fourth-order valence-electron chi connectivity index (χ4n) is 1.91. The van der Waals surface area contributed by atoms with Crippen LogP contribution in [0.3, 0.4) is 0 Å². The summed E-state index contributed by atoms with van der Waals surface area (Å²) in [6.45, 7) is 6.53. The molecule has 0 radical (unpaired) electrons. The molecular formula is C11H18O5. The van der Waals surface area contributed by atoms with Crippen LogP contribution in [0.1, 0.15) is 34.1 Å². The van der Waals surface area contributed by atoms with Crippen molar-refractivity contribution < 1.29 is 23.8 Å². The molecule has 0 amide bonds. The Morgan fingerprint density at radius 1 is 1.19 bits per heavy atom. The van der Waals surface area contributed by atoms with Gasteiger partial charge in [-0.05, 0) is 6.42 Å². The first kappa shape index (κ1) is 13.0. The molecule has 1 saturated heterocycles. The highest BCUT2D eigenvalue weighted by molar-refractivity contribution is 5.67. The second-order valence-electron chi connectivity index (χ2n) is 3.99. The highest BCUT2D eigenvalue weighted by Gasteiger charge is 2.45. The number of esters is 2. The second kappa shape index (κ2) is 5.30. The Morgan fingerprint density at radius 2 is 1.75 bits per heavy atom. The number of carbonyl (C=O) groups excluding carboxylic acids is 2. The van der Waals surface area contributed by atoms with Crippen molar-refractivity contribution in [2.75, 3.05) is 0 Å². The van der Waals surface area contributed by atoms with E-state index in [2.05, 4.69) is 0 Å². The van der Waals surface area contributed by atoms with E-state index < -0.39 is 24.3 Å². The molecule has 92 valence electrons. The van der Waals surface area contributed by atoms with E-state index in [-0.39, 0.29) is 12.0 Å². The number of carbonyl (C=O) groups is 2. The van der Waals surface area contributed by atoms with E-state index in [4.69, 9.17) is 14.2 Å². The van der Waals surface area contributed by atoms with Crippen molar-refractivity contribution in [2.45, 2.75) is 52.6 Å². The molecule has 0 saturated carbocycles. The van der Waals surface area contributed by atoms with Crippen LogP contribution >= 0.6 is 0 Å². The standard InChI is InChI=1S/C11H18O5/c1-5-9-6(2)10(14-7(3)12)11(16-9)15-8(4)13/h6,9-11H,5H2,1-4H3/t6?,9-,10+,11+/m1/s1. The van der Waals surface area contributed by atoms with E-state index in [0.717, 1.165) is 6.42 Å². The average Bonchev–Trinajstić information content (AvgIpc) is 2.44. The quantitative estimate of drug-likeness (QED) is 0.683. The van der Waals surface area contributed by atoms with Crippen LogP contribution in [0.25, 0.3) is 0 Å².